The van der Waals surface area contributed by atoms with E-state index in [4.69, 9.17) is 5.73 Å². The number of aliphatic hydroxyl groups is 3. The van der Waals surface area contributed by atoms with E-state index < -0.39 is 52.0 Å². The van der Waals surface area contributed by atoms with Crippen molar-refractivity contribution in [3.8, 4) is 11.4 Å². The molecule has 0 bridgehead atoms. The number of ketones is 2. The minimum atomic E-state index is -2.58. The summed E-state index contributed by atoms with van der Waals surface area (Å²) in [5, 5.41) is 52.0. The first-order valence-corrected chi connectivity index (χ1v) is 11.2. The van der Waals surface area contributed by atoms with Crippen LogP contribution in [0.2, 0.25) is 0 Å². The molecule has 182 valence electrons. The van der Waals surface area contributed by atoms with Crippen molar-refractivity contribution in [3.05, 3.63) is 52.1 Å². The summed E-state index contributed by atoms with van der Waals surface area (Å²) in [6.07, 6.45) is 1.63. The summed E-state index contributed by atoms with van der Waals surface area (Å²) in [7, 11) is 0. The van der Waals surface area contributed by atoms with Gasteiger partial charge in [-0.1, -0.05) is 19.1 Å². The fourth-order valence-electron chi connectivity index (χ4n) is 5.48. The number of nitrogens with zero attached hydrogens (tertiary/aromatic N) is 3. The molecule has 2 aromatic rings. The molecule has 35 heavy (non-hydrogen) atoms. The molecule has 11 heteroatoms. The highest BCUT2D eigenvalue weighted by Gasteiger charge is 2.60. The summed E-state index contributed by atoms with van der Waals surface area (Å²) in [5.74, 6) is -6.47. The Morgan fingerprint density at radius 2 is 1.91 bits per heavy atom. The second-order valence-corrected chi connectivity index (χ2v) is 9.61. The number of carbonyl (C=O) groups excluding carboxylic acids is 3. The fraction of sp³-hybridized carbons (Fsp3) is 0.375. The number of aromatic nitrogens is 3. The summed E-state index contributed by atoms with van der Waals surface area (Å²) in [6.45, 7) is 3.93. The van der Waals surface area contributed by atoms with Gasteiger partial charge in [-0.05, 0) is 42.4 Å². The summed E-state index contributed by atoms with van der Waals surface area (Å²) < 4.78 is 1.53. The Balaban J connectivity index is 1.68. The Hall–Kier alpha value is -3.99. The van der Waals surface area contributed by atoms with Crippen LogP contribution in [-0.4, -0.2) is 58.5 Å². The summed E-state index contributed by atoms with van der Waals surface area (Å²) in [6, 6.07) is 2.98. The SMILES string of the molecule is CC(C)c1cn(-c2ccc(O)c3c2CC2CC4CC(=O)C(C(N)=O)=C(O)C4(O)C(=O)C2=C3O)nn1. The lowest BCUT2D eigenvalue weighted by Crippen LogP contribution is -2.58. The van der Waals surface area contributed by atoms with Crippen molar-refractivity contribution in [1.29, 1.82) is 0 Å². The highest BCUT2D eigenvalue weighted by Crippen LogP contribution is 2.52. The number of hydrogen-bond acceptors (Lipinski definition) is 9. The van der Waals surface area contributed by atoms with Crippen molar-refractivity contribution in [1.82, 2.24) is 15.0 Å². The maximum absolute atomic E-state index is 13.5. The molecule has 0 aliphatic heterocycles. The van der Waals surface area contributed by atoms with Crippen LogP contribution in [0.3, 0.4) is 0 Å². The molecule has 11 nitrogen and oxygen atoms in total. The lowest BCUT2D eigenvalue weighted by Gasteiger charge is -2.46. The number of hydrogen-bond donors (Lipinski definition) is 5. The van der Waals surface area contributed by atoms with Crippen LogP contribution in [0.15, 0.2) is 35.2 Å². The molecule has 1 amide bonds. The van der Waals surface area contributed by atoms with Gasteiger partial charge in [-0.25, -0.2) is 4.68 Å². The normalized spacial score (nSPS) is 26.1. The van der Waals surface area contributed by atoms with Gasteiger partial charge >= 0.3 is 0 Å². The molecule has 0 radical (unpaired) electrons. The van der Waals surface area contributed by atoms with Gasteiger partial charge in [0.1, 0.15) is 22.8 Å². The van der Waals surface area contributed by atoms with Gasteiger partial charge in [-0.3, -0.25) is 14.4 Å². The first-order valence-electron chi connectivity index (χ1n) is 11.2. The second kappa shape index (κ2) is 7.51. The predicted molar refractivity (Wildman–Crippen MR) is 120 cm³/mol. The fourth-order valence-corrected chi connectivity index (χ4v) is 5.48. The van der Waals surface area contributed by atoms with E-state index in [1.165, 1.54) is 10.7 Å². The van der Waals surface area contributed by atoms with Crippen LogP contribution in [0.1, 0.15) is 49.4 Å². The van der Waals surface area contributed by atoms with Crippen molar-refractivity contribution in [3.63, 3.8) is 0 Å². The molecule has 1 saturated carbocycles. The highest BCUT2D eigenvalue weighted by molar-refractivity contribution is 6.22. The molecule has 3 aliphatic carbocycles. The first-order chi connectivity index (χ1) is 16.5. The van der Waals surface area contributed by atoms with Crippen molar-refractivity contribution in [2.45, 2.75) is 44.6 Å². The molecule has 0 saturated heterocycles. The topological polar surface area (TPSA) is 189 Å². The van der Waals surface area contributed by atoms with E-state index in [9.17, 15) is 34.8 Å². The summed E-state index contributed by atoms with van der Waals surface area (Å²) >= 11 is 0. The van der Waals surface area contributed by atoms with Crippen LogP contribution >= 0.6 is 0 Å². The van der Waals surface area contributed by atoms with E-state index in [2.05, 4.69) is 10.3 Å². The zero-order chi connectivity index (χ0) is 25.4. The molecular formula is C24H24N4O7. The van der Waals surface area contributed by atoms with E-state index in [-0.39, 0.29) is 42.1 Å². The Morgan fingerprint density at radius 3 is 2.54 bits per heavy atom. The van der Waals surface area contributed by atoms with E-state index in [1.54, 1.807) is 12.3 Å². The third-order valence-electron chi connectivity index (χ3n) is 7.27. The molecular weight excluding hydrogens is 456 g/mol. The van der Waals surface area contributed by atoms with E-state index in [0.29, 0.717) is 11.3 Å². The highest BCUT2D eigenvalue weighted by atomic mass is 16.3. The number of benzene rings is 1. The molecule has 1 heterocycles. The molecule has 3 unspecified atom stereocenters. The maximum Gasteiger partial charge on any atom is 0.255 e. The summed E-state index contributed by atoms with van der Waals surface area (Å²) in [5.41, 5.74) is 3.45. The first kappa shape index (κ1) is 22.8. The molecule has 1 aromatic carbocycles. The lowest BCUT2D eigenvalue weighted by molar-refractivity contribution is -0.147. The molecule has 6 N–H and O–H groups in total. The summed E-state index contributed by atoms with van der Waals surface area (Å²) in [4.78, 5) is 37.7. The Labute approximate surface area is 199 Å². The minimum absolute atomic E-state index is 0.0104. The second-order valence-electron chi connectivity index (χ2n) is 9.61. The molecule has 1 fully saturated rings. The van der Waals surface area contributed by atoms with Gasteiger partial charge in [0, 0.05) is 17.9 Å². The van der Waals surface area contributed by atoms with Gasteiger partial charge < -0.3 is 26.2 Å². The number of fused-ring (bicyclic) bond motifs is 3. The van der Waals surface area contributed by atoms with Gasteiger partial charge in [0.25, 0.3) is 5.91 Å². The smallest absolute Gasteiger partial charge is 0.255 e. The number of phenolic OH excluding ortho intramolecular Hbond substituents is 1. The van der Waals surface area contributed by atoms with E-state index in [0.717, 1.165) is 5.69 Å². The number of carbonyl (C=O) groups is 3. The van der Waals surface area contributed by atoms with Gasteiger partial charge in [0.15, 0.2) is 11.4 Å². The zero-order valence-electron chi connectivity index (χ0n) is 19.0. The molecule has 3 aliphatic rings. The van der Waals surface area contributed by atoms with Gasteiger partial charge in [0.2, 0.25) is 5.78 Å². The monoisotopic (exact) mass is 480 g/mol. The van der Waals surface area contributed by atoms with Crippen LogP contribution in [0, 0.1) is 11.8 Å². The van der Waals surface area contributed by atoms with Crippen LogP contribution < -0.4 is 5.73 Å². The van der Waals surface area contributed by atoms with E-state index >= 15 is 0 Å². The molecule has 1 aromatic heterocycles. The van der Waals surface area contributed by atoms with Crippen LogP contribution in [0.4, 0.5) is 0 Å². The number of nitrogens with two attached hydrogens (primary N) is 1. The van der Waals surface area contributed by atoms with Crippen LogP contribution in [0.5, 0.6) is 5.75 Å². The van der Waals surface area contributed by atoms with E-state index in [1.807, 2.05) is 13.8 Å². The quantitative estimate of drug-likeness (QED) is 0.401. The number of amides is 1. The lowest BCUT2D eigenvalue weighted by atomic mass is 9.59. The number of aliphatic hydroxyl groups excluding tert-OH is 2. The maximum atomic E-state index is 13.5. The molecule has 3 atom stereocenters. The standard InChI is InChI=1S/C24H24N4O7/c1-9(2)13-8-28(27-26-13)14-3-4-15(29)18-12(14)6-10-5-11-7-16(30)19(23(25)34)22(33)24(11,35)21(32)17(10)20(18)31/h3-4,8-11,29,31,33,35H,5-7H2,1-2H3,(H2,25,34). The average Bonchev–Trinajstić information content (AvgIpc) is 3.26. The predicted octanol–water partition coefficient (Wildman–Crippen LogP) is 1.13. The van der Waals surface area contributed by atoms with Crippen molar-refractivity contribution in [2.24, 2.45) is 17.6 Å². The van der Waals surface area contributed by atoms with Gasteiger partial charge in [-0.15, -0.1) is 5.10 Å². The zero-order valence-corrected chi connectivity index (χ0v) is 19.0. The number of phenols is 1. The number of Topliss-reactive ketones (excluding diaryl/α,β-unsaturated/α-hetero) is 2. The number of rotatable bonds is 3. The average molecular weight is 480 g/mol. The van der Waals surface area contributed by atoms with Crippen LogP contribution in [0.25, 0.3) is 11.4 Å². The van der Waals surface area contributed by atoms with Crippen molar-refractivity contribution < 1.29 is 34.8 Å². The molecule has 0 spiro atoms. The number of aromatic hydroxyl groups is 1. The van der Waals surface area contributed by atoms with Crippen LogP contribution in [-0.2, 0) is 20.8 Å². The Bertz CT molecular complexity index is 1390. The largest absolute Gasteiger partial charge is 0.508 e. The number of primary amides is 1. The molecule has 5 rings (SSSR count). The van der Waals surface area contributed by atoms with Crippen molar-refractivity contribution >= 4 is 23.2 Å². The Kier molecular flexibility index (Phi) is 4.89. The van der Waals surface area contributed by atoms with Gasteiger partial charge in [0.05, 0.1) is 23.1 Å². The minimum Gasteiger partial charge on any atom is -0.508 e. The van der Waals surface area contributed by atoms with Crippen molar-refractivity contribution in [2.75, 3.05) is 0 Å². The van der Waals surface area contributed by atoms with Gasteiger partial charge in [-0.2, -0.15) is 0 Å². The third kappa shape index (κ3) is 3.04. The Morgan fingerprint density at radius 1 is 1.20 bits per heavy atom. The third-order valence-corrected chi connectivity index (χ3v) is 7.27.